The molecule has 4 nitrogen and oxygen atoms in total. The lowest BCUT2D eigenvalue weighted by Gasteiger charge is -2.11. The lowest BCUT2D eigenvalue weighted by molar-refractivity contribution is -0.138. The Hall–Kier alpha value is -3.22. The summed E-state index contributed by atoms with van der Waals surface area (Å²) in [5.41, 5.74) is 4.43. The SMILES string of the molecule is Cc1cnc2[nH]cc(Cc3ccc(CCc4cnccc4C(F)(F)F)nc3)c2c1. The fraction of sp³-hybridized carbons (Fsp3) is 0.227. The summed E-state index contributed by atoms with van der Waals surface area (Å²) in [6.07, 6.45) is 5.00. The fourth-order valence-corrected chi connectivity index (χ4v) is 3.40. The zero-order valence-electron chi connectivity index (χ0n) is 15.8. The number of alkyl halides is 3. The third-order valence-electron chi connectivity index (χ3n) is 4.89. The van der Waals surface area contributed by atoms with Crippen molar-refractivity contribution in [3.63, 3.8) is 0 Å². The number of halogens is 3. The van der Waals surface area contributed by atoms with Crippen LogP contribution >= 0.6 is 0 Å². The van der Waals surface area contributed by atoms with Gasteiger partial charge in [-0.05, 0) is 60.2 Å². The molecule has 29 heavy (non-hydrogen) atoms. The molecule has 0 amide bonds. The predicted octanol–water partition coefficient (Wildman–Crippen LogP) is 5.06. The van der Waals surface area contributed by atoms with E-state index in [2.05, 4.69) is 26.0 Å². The summed E-state index contributed by atoms with van der Waals surface area (Å²) in [5, 5.41) is 1.09. The van der Waals surface area contributed by atoms with Crippen molar-refractivity contribution in [2.45, 2.75) is 32.4 Å². The molecule has 148 valence electrons. The standard InChI is InChI=1S/C22H19F3N4/c1-14-8-19-17(13-29-21(19)28-10-14)9-15-2-4-18(27-11-15)5-3-16-12-26-7-6-20(16)22(23,24)25/h2,4,6-8,10-13H,3,5,9H2,1H3,(H,28,29). The second kappa shape index (κ2) is 7.66. The number of fused-ring (bicyclic) bond motifs is 1. The van der Waals surface area contributed by atoms with E-state index in [9.17, 15) is 13.2 Å². The summed E-state index contributed by atoms with van der Waals surface area (Å²) >= 11 is 0. The van der Waals surface area contributed by atoms with Crippen molar-refractivity contribution < 1.29 is 13.2 Å². The van der Waals surface area contributed by atoms with Gasteiger partial charge < -0.3 is 4.98 Å². The molecular weight excluding hydrogens is 377 g/mol. The van der Waals surface area contributed by atoms with Gasteiger partial charge in [-0.25, -0.2) is 4.98 Å². The van der Waals surface area contributed by atoms with E-state index in [0.29, 0.717) is 12.8 Å². The molecule has 0 bridgehead atoms. The van der Waals surface area contributed by atoms with Crippen molar-refractivity contribution in [1.82, 2.24) is 19.9 Å². The number of aromatic nitrogens is 4. The first-order valence-electron chi connectivity index (χ1n) is 9.26. The van der Waals surface area contributed by atoms with Crippen LogP contribution in [0.1, 0.15) is 33.5 Å². The summed E-state index contributed by atoms with van der Waals surface area (Å²) in [6, 6.07) is 6.96. The third-order valence-corrected chi connectivity index (χ3v) is 4.89. The highest BCUT2D eigenvalue weighted by atomic mass is 19.4. The van der Waals surface area contributed by atoms with Gasteiger partial charge in [0.1, 0.15) is 5.65 Å². The summed E-state index contributed by atoms with van der Waals surface area (Å²) in [7, 11) is 0. The van der Waals surface area contributed by atoms with Crippen LogP contribution in [0.3, 0.4) is 0 Å². The monoisotopic (exact) mass is 396 g/mol. The van der Waals surface area contributed by atoms with Crippen LogP contribution in [0.4, 0.5) is 13.2 Å². The molecule has 0 spiro atoms. The number of pyridine rings is 3. The molecule has 1 N–H and O–H groups in total. The van der Waals surface area contributed by atoms with Gasteiger partial charge in [0, 0.05) is 48.5 Å². The number of H-pyrrole nitrogens is 1. The second-order valence-corrected chi connectivity index (χ2v) is 7.09. The number of aromatic amines is 1. The molecule has 0 aromatic carbocycles. The van der Waals surface area contributed by atoms with Crippen molar-refractivity contribution in [2.75, 3.05) is 0 Å². The van der Waals surface area contributed by atoms with E-state index in [1.807, 2.05) is 31.5 Å². The van der Waals surface area contributed by atoms with Gasteiger partial charge in [0.05, 0.1) is 5.56 Å². The van der Waals surface area contributed by atoms with E-state index in [-0.39, 0.29) is 12.0 Å². The summed E-state index contributed by atoms with van der Waals surface area (Å²) in [4.78, 5) is 15.8. The average molecular weight is 396 g/mol. The number of nitrogens with one attached hydrogen (secondary N) is 1. The highest BCUT2D eigenvalue weighted by molar-refractivity contribution is 5.80. The lowest BCUT2D eigenvalue weighted by Crippen LogP contribution is -2.10. The molecule has 7 heteroatoms. The molecule has 4 aromatic rings. The highest BCUT2D eigenvalue weighted by Crippen LogP contribution is 2.32. The van der Waals surface area contributed by atoms with Crippen LogP contribution < -0.4 is 0 Å². The number of nitrogens with zero attached hydrogens (tertiary/aromatic N) is 3. The van der Waals surface area contributed by atoms with Gasteiger partial charge in [-0.15, -0.1) is 0 Å². The third kappa shape index (κ3) is 4.29. The normalized spacial score (nSPS) is 11.9. The summed E-state index contributed by atoms with van der Waals surface area (Å²) in [5.74, 6) is 0. The number of hydrogen-bond donors (Lipinski definition) is 1. The average Bonchev–Trinajstić information content (AvgIpc) is 3.09. The van der Waals surface area contributed by atoms with Crippen LogP contribution in [-0.2, 0) is 25.4 Å². The largest absolute Gasteiger partial charge is 0.416 e. The molecule has 0 unspecified atom stereocenters. The number of aryl methyl sites for hydroxylation is 3. The first-order valence-corrected chi connectivity index (χ1v) is 9.26. The van der Waals surface area contributed by atoms with Gasteiger partial charge in [0.2, 0.25) is 0 Å². The van der Waals surface area contributed by atoms with Crippen LogP contribution in [0.25, 0.3) is 11.0 Å². The number of rotatable bonds is 5. The van der Waals surface area contributed by atoms with E-state index in [4.69, 9.17) is 0 Å². The van der Waals surface area contributed by atoms with Gasteiger partial charge in [-0.1, -0.05) is 6.07 Å². The predicted molar refractivity (Wildman–Crippen MR) is 105 cm³/mol. The zero-order chi connectivity index (χ0) is 20.4. The van der Waals surface area contributed by atoms with Gasteiger partial charge in [0.15, 0.2) is 0 Å². The van der Waals surface area contributed by atoms with Crippen LogP contribution in [0.5, 0.6) is 0 Å². The molecule has 0 fully saturated rings. The van der Waals surface area contributed by atoms with Crippen LogP contribution in [0, 0.1) is 6.92 Å². The minimum atomic E-state index is -4.37. The van der Waals surface area contributed by atoms with Gasteiger partial charge in [0.25, 0.3) is 0 Å². The maximum Gasteiger partial charge on any atom is 0.416 e. The Morgan fingerprint density at radius 2 is 1.83 bits per heavy atom. The fourth-order valence-electron chi connectivity index (χ4n) is 3.40. The minimum absolute atomic E-state index is 0.188. The van der Waals surface area contributed by atoms with E-state index in [0.717, 1.165) is 39.5 Å². The molecule has 0 saturated heterocycles. The van der Waals surface area contributed by atoms with Gasteiger partial charge in [-0.2, -0.15) is 13.2 Å². The molecular formula is C22H19F3N4. The Bertz CT molecular complexity index is 1130. The maximum atomic E-state index is 13.1. The van der Waals surface area contributed by atoms with E-state index < -0.39 is 11.7 Å². The van der Waals surface area contributed by atoms with E-state index in [1.54, 1.807) is 6.20 Å². The summed E-state index contributed by atoms with van der Waals surface area (Å²) in [6.45, 7) is 2.01. The molecule has 0 radical (unpaired) electrons. The second-order valence-electron chi connectivity index (χ2n) is 7.09. The van der Waals surface area contributed by atoms with Crippen molar-refractivity contribution in [1.29, 1.82) is 0 Å². The van der Waals surface area contributed by atoms with Gasteiger partial charge >= 0.3 is 6.18 Å². The molecule has 0 saturated carbocycles. The molecule has 0 aliphatic carbocycles. The number of hydrogen-bond acceptors (Lipinski definition) is 3. The Morgan fingerprint density at radius 3 is 2.59 bits per heavy atom. The molecule has 4 heterocycles. The van der Waals surface area contributed by atoms with Crippen LogP contribution in [0.2, 0.25) is 0 Å². The smallest absolute Gasteiger partial charge is 0.346 e. The Morgan fingerprint density at radius 1 is 0.966 bits per heavy atom. The first-order chi connectivity index (χ1) is 13.9. The molecule has 4 rings (SSSR count). The van der Waals surface area contributed by atoms with Crippen LogP contribution in [0.15, 0.2) is 55.2 Å². The quantitative estimate of drug-likeness (QED) is 0.513. The van der Waals surface area contributed by atoms with Crippen LogP contribution in [-0.4, -0.2) is 19.9 Å². The Balaban J connectivity index is 1.45. The molecule has 0 aliphatic heterocycles. The van der Waals surface area contributed by atoms with Crippen molar-refractivity contribution in [2.24, 2.45) is 0 Å². The minimum Gasteiger partial charge on any atom is -0.346 e. The highest BCUT2D eigenvalue weighted by Gasteiger charge is 2.32. The Labute approximate surface area is 165 Å². The summed E-state index contributed by atoms with van der Waals surface area (Å²) < 4.78 is 39.3. The van der Waals surface area contributed by atoms with Crippen molar-refractivity contribution >= 4 is 11.0 Å². The molecule has 4 aromatic heterocycles. The zero-order valence-corrected chi connectivity index (χ0v) is 15.8. The Kier molecular flexibility index (Phi) is 5.05. The van der Waals surface area contributed by atoms with E-state index >= 15 is 0 Å². The first kappa shape index (κ1) is 19.1. The lowest BCUT2D eigenvalue weighted by atomic mass is 10.0. The molecule has 0 aliphatic rings. The van der Waals surface area contributed by atoms with E-state index in [1.165, 1.54) is 12.4 Å². The maximum absolute atomic E-state index is 13.1. The topological polar surface area (TPSA) is 54.5 Å². The van der Waals surface area contributed by atoms with Crippen molar-refractivity contribution in [3.8, 4) is 0 Å². The van der Waals surface area contributed by atoms with Gasteiger partial charge in [-0.3, -0.25) is 9.97 Å². The molecule has 0 atom stereocenters. The van der Waals surface area contributed by atoms with Crippen molar-refractivity contribution in [3.05, 3.63) is 88.8 Å².